The van der Waals surface area contributed by atoms with Gasteiger partial charge in [0.2, 0.25) is 0 Å². The van der Waals surface area contributed by atoms with Gasteiger partial charge in [-0.2, -0.15) is 6.42 Å². The van der Waals surface area contributed by atoms with E-state index in [0.717, 1.165) is 12.8 Å². The van der Waals surface area contributed by atoms with Crippen LogP contribution >= 0.6 is 0 Å². The summed E-state index contributed by atoms with van der Waals surface area (Å²) in [4.78, 5) is 9.40. The molecule has 0 fully saturated rings. The number of amides is 1. The van der Waals surface area contributed by atoms with Crippen molar-refractivity contribution in [1.82, 2.24) is 5.43 Å². The number of hydrazone groups is 1. The molecule has 0 aromatic carbocycles. The molecule has 0 atom stereocenters. The van der Waals surface area contributed by atoms with Gasteiger partial charge in [-0.05, 0) is 0 Å². The van der Waals surface area contributed by atoms with E-state index < -0.39 is 0 Å². The number of hydrogen-bond acceptors (Lipinski definition) is 2. The Kier molecular flexibility index (Phi) is 27.2. The Morgan fingerprint density at radius 2 is 2.20 bits per heavy atom. The number of rotatable bonds is 4. The number of nitrogens with one attached hydrogen (secondary N) is 1. The molecule has 0 unspecified atom stereocenters. The predicted molar refractivity (Wildman–Crippen MR) is 31.2 cm³/mol. The van der Waals surface area contributed by atoms with Crippen LogP contribution in [0.25, 0.3) is 0 Å². The molecular weight excluding hydrogens is 393 g/mol. The molecule has 0 aromatic rings. The quantitative estimate of drug-likeness (QED) is 0.238. The van der Waals surface area contributed by atoms with Crippen molar-refractivity contribution in [3.63, 3.8) is 0 Å². The molecular formula is C5H8N2OReRh-2. The number of nitrogens with zero attached hydrogens (tertiary/aromatic N) is 1. The molecule has 1 N–H and O–H groups in total. The van der Waals surface area contributed by atoms with Crippen molar-refractivity contribution in [2.24, 2.45) is 5.10 Å². The second-order valence-corrected chi connectivity index (χ2v) is 1.23. The number of hydrogen-bond donors (Lipinski definition) is 1. The Labute approximate surface area is 87.4 Å². The van der Waals surface area contributed by atoms with Crippen molar-refractivity contribution < 1.29 is 44.7 Å². The molecule has 0 rings (SSSR count). The summed E-state index contributed by atoms with van der Waals surface area (Å²) in [5.74, 6) is 0. The molecule has 62 valence electrons. The Morgan fingerprint density at radius 1 is 1.60 bits per heavy atom. The van der Waals surface area contributed by atoms with Gasteiger partial charge in [0.1, 0.15) is 0 Å². The van der Waals surface area contributed by atoms with E-state index in [-0.39, 0.29) is 39.9 Å². The van der Waals surface area contributed by atoms with Crippen LogP contribution in [0.5, 0.6) is 0 Å². The van der Waals surface area contributed by atoms with E-state index in [4.69, 9.17) is 0 Å². The van der Waals surface area contributed by atoms with Crippen LogP contribution in [0.2, 0.25) is 0 Å². The molecule has 0 saturated heterocycles. The van der Waals surface area contributed by atoms with Crippen LogP contribution in [-0.4, -0.2) is 12.6 Å². The minimum Gasteiger partial charge on any atom is -0.518 e. The maximum atomic E-state index is 9.40. The van der Waals surface area contributed by atoms with Crippen LogP contribution in [-0.2, 0) is 44.7 Å². The monoisotopic (exact) mass is 402 g/mol. The van der Waals surface area contributed by atoms with Crippen molar-refractivity contribution in [2.75, 3.05) is 0 Å². The summed E-state index contributed by atoms with van der Waals surface area (Å²) in [6.45, 7) is 2.01. The van der Waals surface area contributed by atoms with Crippen LogP contribution < -0.4 is 5.43 Å². The SMILES string of the molecule is CCC[C-]=NN[C-]=O.[Re].[Rh]. The molecule has 0 bridgehead atoms. The molecule has 0 aliphatic carbocycles. The van der Waals surface area contributed by atoms with Gasteiger partial charge in [0.05, 0.1) is 0 Å². The van der Waals surface area contributed by atoms with Gasteiger partial charge in [0.15, 0.2) is 0 Å². The van der Waals surface area contributed by atoms with Crippen LogP contribution in [0.1, 0.15) is 19.8 Å². The second kappa shape index (κ2) is 16.2. The van der Waals surface area contributed by atoms with E-state index in [1.54, 1.807) is 0 Å². The third kappa shape index (κ3) is 15.8. The molecule has 0 saturated carbocycles. The van der Waals surface area contributed by atoms with Crippen LogP contribution in [0.3, 0.4) is 0 Å². The van der Waals surface area contributed by atoms with Crippen molar-refractivity contribution in [3.05, 3.63) is 0 Å². The zero-order chi connectivity index (χ0) is 6.24. The standard InChI is InChI=1S/C5H8N2O.Re.Rh/c1-2-3-4-6-7-5-8;;/h2-3H2,1H3,(H,7,8);;/q-2;;. The Morgan fingerprint density at radius 3 is 2.60 bits per heavy atom. The van der Waals surface area contributed by atoms with Gasteiger partial charge in [-0.3, -0.25) is 0 Å². The minimum atomic E-state index is 0. The van der Waals surface area contributed by atoms with E-state index in [2.05, 4.69) is 11.3 Å². The molecule has 10 heavy (non-hydrogen) atoms. The summed E-state index contributed by atoms with van der Waals surface area (Å²) in [5.41, 5.74) is 1.99. The summed E-state index contributed by atoms with van der Waals surface area (Å²) in [6.07, 6.45) is 5.75. The van der Waals surface area contributed by atoms with Gasteiger partial charge < -0.3 is 21.5 Å². The second-order valence-electron chi connectivity index (χ2n) is 1.23. The van der Waals surface area contributed by atoms with Crippen molar-refractivity contribution in [1.29, 1.82) is 0 Å². The van der Waals surface area contributed by atoms with Crippen LogP contribution in [0.15, 0.2) is 5.10 Å². The van der Waals surface area contributed by atoms with Gasteiger partial charge >= 0.3 is 0 Å². The summed E-state index contributed by atoms with van der Waals surface area (Å²) >= 11 is 0. The molecule has 0 spiro atoms. The number of unbranched alkanes of at least 4 members (excludes halogenated alkanes) is 1. The summed E-state index contributed by atoms with van der Waals surface area (Å²) < 4.78 is 0. The normalized spacial score (nSPS) is 7.70. The molecule has 0 aliphatic rings. The largest absolute Gasteiger partial charge is 0.518 e. The first kappa shape index (κ1) is 16.8. The van der Waals surface area contributed by atoms with Gasteiger partial charge in [0, 0.05) is 39.9 Å². The first-order valence-corrected chi connectivity index (χ1v) is 2.46. The van der Waals surface area contributed by atoms with Crippen molar-refractivity contribution >= 4 is 12.6 Å². The number of carbonyl (C=O) groups excluding carboxylic acids is 1. The third-order valence-corrected chi connectivity index (χ3v) is 0.542. The summed E-state index contributed by atoms with van der Waals surface area (Å²) in [6, 6.07) is 0. The van der Waals surface area contributed by atoms with Gasteiger partial charge in [-0.15, -0.1) is 6.41 Å². The first-order chi connectivity index (χ1) is 3.91. The molecule has 1 amide bonds. The maximum absolute atomic E-state index is 9.40. The fourth-order valence-electron chi connectivity index (χ4n) is 0.230. The van der Waals surface area contributed by atoms with Crippen molar-refractivity contribution in [3.8, 4) is 0 Å². The first-order valence-electron chi connectivity index (χ1n) is 2.46. The third-order valence-electron chi connectivity index (χ3n) is 0.542. The van der Waals surface area contributed by atoms with Gasteiger partial charge in [-0.25, -0.2) is 0 Å². The maximum Gasteiger partial charge on any atom is 0 e. The smallest absolute Gasteiger partial charge is 0 e. The average molecular weight is 401 g/mol. The van der Waals surface area contributed by atoms with Crippen LogP contribution in [0.4, 0.5) is 0 Å². The Balaban J connectivity index is -0.000000245. The summed E-state index contributed by atoms with van der Waals surface area (Å²) in [7, 11) is 0. The van der Waals surface area contributed by atoms with Gasteiger partial charge in [-0.1, -0.05) is 13.3 Å². The minimum absolute atomic E-state index is 0. The van der Waals surface area contributed by atoms with Crippen molar-refractivity contribution in [2.45, 2.75) is 19.8 Å². The summed E-state index contributed by atoms with van der Waals surface area (Å²) in [5, 5.41) is 3.36. The Bertz CT molecular complexity index is 89.7. The molecule has 0 aromatic heterocycles. The molecule has 3 nitrogen and oxygen atoms in total. The molecule has 5 heteroatoms. The van der Waals surface area contributed by atoms with E-state index in [0.29, 0.717) is 0 Å². The molecule has 2 radical (unpaired) electrons. The molecule has 0 aliphatic heterocycles. The predicted octanol–water partition coefficient (Wildman–Crippen LogP) is 0.301. The topological polar surface area (TPSA) is 41.5 Å². The van der Waals surface area contributed by atoms with E-state index in [1.807, 2.05) is 12.3 Å². The molecule has 0 heterocycles. The van der Waals surface area contributed by atoms with E-state index >= 15 is 0 Å². The van der Waals surface area contributed by atoms with E-state index in [9.17, 15) is 4.79 Å². The van der Waals surface area contributed by atoms with Crippen LogP contribution in [0, 0.1) is 0 Å². The fraction of sp³-hybridized carbons (Fsp3) is 0.600. The Hall–Kier alpha value is 0.426. The zero-order valence-corrected chi connectivity index (χ0v) is 9.84. The van der Waals surface area contributed by atoms with Gasteiger partial charge in [0.25, 0.3) is 0 Å². The zero-order valence-electron chi connectivity index (χ0n) is 5.48. The average Bonchev–Trinajstić information content (AvgIpc) is 1.81. The van der Waals surface area contributed by atoms with E-state index in [1.165, 1.54) is 6.41 Å². The fourth-order valence-corrected chi connectivity index (χ4v) is 0.230.